The Bertz CT molecular complexity index is 637. The summed E-state index contributed by atoms with van der Waals surface area (Å²) in [7, 11) is 1.66. The highest BCUT2D eigenvalue weighted by molar-refractivity contribution is 5.67. The van der Waals surface area contributed by atoms with Crippen LogP contribution in [-0.2, 0) is 9.47 Å². The third-order valence-corrected chi connectivity index (χ3v) is 4.59. The number of hydrogen-bond acceptors (Lipinski definition) is 2. The molecule has 1 aliphatic rings. The molecule has 0 amide bonds. The monoisotopic (exact) mass is 308 g/mol. The largest absolute Gasteiger partial charge is 0.491 e. The fourth-order valence-corrected chi connectivity index (χ4v) is 2.87. The van der Waals surface area contributed by atoms with Crippen LogP contribution in [0.3, 0.4) is 0 Å². The van der Waals surface area contributed by atoms with Crippen molar-refractivity contribution in [1.29, 1.82) is 0 Å². The maximum atomic E-state index is 5.56. The molecule has 0 bridgehead atoms. The molecule has 0 atom stereocenters. The van der Waals surface area contributed by atoms with Gasteiger partial charge in [0.2, 0.25) is 0 Å². The zero-order chi connectivity index (χ0) is 16.1. The molecule has 2 aromatic carbocycles. The summed E-state index contributed by atoms with van der Waals surface area (Å²) in [6, 6.07) is 17.4. The molecule has 23 heavy (non-hydrogen) atoms. The zero-order valence-electron chi connectivity index (χ0n) is 13.8. The van der Waals surface area contributed by atoms with Crippen LogP contribution in [0.1, 0.15) is 36.3 Å². The van der Waals surface area contributed by atoms with E-state index >= 15 is 0 Å². The van der Waals surface area contributed by atoms with Gasteiger partial charge in [-0.3, -0.25) is 0 Å². The van der Waals surface area contributed by atoms with Gasteiger partial charge < -0.3 is 9.47 Å². The van der Waals surface area contributed by atoms with E-state index in [1.54, 1.807) is 7.11 Å². The maximum Gasteiger partial charge on any atom is 0.119 e. The third kappa shape index (κ3) is 3.83. The normalized spacial score (nSPS) is 14.3. The van der Waals surface area contributed by atoms with Crippen LogP contribution < -0.4 is 0 Å². The van der Waals surface area contributed by atoms with Crippen LogP contribution in [0.5, 0.6) is 0 Å². The van der Waals surface area contributed by atoms with Gasteiger partial charge >= 0.3 is 0 Å². The number of hydrogen-bond donors (Lipinski definition) is 0. The fraction of sp³-hybridized carbons (Fsp3) is 0.333. The van der Waals surface area contributed by atoms with Crippen molar-refractivity contribution >= 4 is 5.76 Å². The number of benzene rings is 2. The van der Waals surface area contributed by atoms with Crippen LogP contribution >= 0.6 is 0 Å². The molecule has 3 rings (SSSR count). The quantitative estimate of drug-likeness (QED) is 0.513. The molecule has 0 spiro atoms. The Kier molecular flexibility index (Phi) is 5.14. The molecule has 0 unspecified atom stereocenters. The van der Waals surface area contributed by atoms with Crippen molar-refractivity contribution < 1.29 is 9.47 Å². The van der Waals surface area contributed by atoms with E-state index in [0.29, 0.717) is 19.0 Å². The fourth-order valence-electron chi connectivity index (χ4n) is 2.87. The molecule has 0 aromatic heterocycles. The molecule has 0 heterocycles. The Hall–Kier alpha value is -2.06. The van der Waals surface area contributed by atoms with Crippen LogP contribution in [0.15, 0.2) is 55.1 Å². The van der Waals surface area contributed by atoms with Gasteiger partial charge in [0.05, 0.1) is 6.61 Å². The Morgan fingerprint density at radius 3 is 2.09 bits per heavy atom. The summed E-state index contributed by atoms with van der Waals surface area (Å²) in [6.45, 7) is 5.07. The lowest BCUT2D eigenvalue weighted by Crippen LogP contribution is -2.08. The summed E-state index contributed by atoms with van der Waals surface area (Å²) >= 11 is 0. The first kappa shape index (κ1) is 15.8. The lowest BCUT2D eigenvalue weighted by Gasteiger charge is -2.25. The summed E-state index contributed by atoms with van der Waals surface area (Å²) in [5, 5.41) is 0. The second-order valence-corrected chi connectivity index (χ2v) is 6.09. The minimum atomic E-state index is 0.527. The van der Waals surface area contributed by atoms with E-state index in [4.69, 9.17) is 9.47 Å². The van der Waals surface area contributed by atoms with E-state index in [0.717, 1.165) is 11.5 Å². The Balaban J connectivity index is 1.65. The van der Waals surface area contributed by atoms with Gasteiger partial charge in [-0.25, -0.2) is 0 Å². The first-order valence-electron chi connectivity index (χ1n) is 8.29. The molecule has 1 saturated carbocycles. The van der Waals surface area contributed by atoms with E-state index < -0.39 is 0 Å². The molecule has 0 saturated heterocycles. The molecule has 0 radical (unpaired) electrons. The van der Waals surface area contributed by atoms with Crippen molar-refractivity contribution in [2.24, 2.45) is 0 Å². The van der Waals surface area contributed by atoms with Gasteiger partial charge in [0.25, 0.3) is 0 Å². The van der Waals surface area contributed by atoms with E-state index in [2.05, 4.69) is 55.1 Å². The minimum Gasteiger partial charge on any atom is -0.491 e. The summed E-state index contributed by atoms with van der Waals surface area (Å²) in [4.78, 5) is 0. The Morgan fingerprint density at radius 2 is 1.57 bits per heavy atom. The van der Waals surface area contributed by atoms with Gasteiger partial charge in [-0.05, 0) is 35.4 Å². The summed E-state index contributed by atoms with van der Waals surface area (Å²) in [6.07, 6.45) is 4.07. The van der Waals surface area contributed by atoms with Gasteiger partial charge in [-0.1, -0.05) is 61.5 Å². The van der Waals surface area contributed by atoms with E-state index in [1.165, 1.54) is 36.0 Å². The topological polar surface area (TPSA) is 18.5 Å². The van der Waals surface area contributed by atoms with Crippen LogP contribution in [0.4, 0.5) is 0 Å². The molecule has 0 N–H and O–H groups in total. The van der Waals surface area contributed by atoms with E-state index in [1.807, 2.05) is 0 Å². The van der Waals surface area contributed by atoms with Gasteiger partial charge in [0.1, 0.15) is 12.4 Å². The predicted molar refractivity (Wildman–Crippen MR) is 95.3 cm³/mol. The van der Waals surface area contributed by atoms with Crippen LogP contribution in [0, 0.1) is 0 Å². The third-order valence-electron chi connectivity index (χ3n) is 4.59. The van der Waals surface area contributed by atoms with Crippen LogP contribution in [-0.4, -0.2) is 20.3 Å². The summed E-state index contributed by atoms with van der Waals surface area (Å²) < 4.78 is 10.5. The number of rotatable bonds is 7. The Morgan fingerprint density at radius 1 is 0.957 bits per heavy atom. The average molecular weight is 308 g/mol. The standard InChI is InChI=1S/C21H24O2/c1-16(23-15-14-22-2)17-6-8-20(9-7-17)21-12-10-19(11-13-21)18-4-3-5-18/h6-13,18H,1,3-5,14-15H2,2H3. The molecular formula is C21H24O2. The van der Waals surface area contributed by atoms with Gasteiger partial charge in [-0.2, -0.15) is 0 Å². The molecule has 120 valence electrons. The second kappa shape index (κ2) is 7.47. The van der Waals surface area contributed by atoms with Gasteiger partial charge in [0.15, 0.2) is 0 Å². The molecule has 2 heteroatoms. The number of ether oxygens (including phenoxy) is 2. The highest BCUT2D eigenvalue weighted by Crippen LogP contribution is 2.37. The van der Waals surface area contributed by atoms with Crippen LogP contribution in [0.2, 0.25) is 0 Å². The zero-order valence-corrected chi connectivity index (χ0v) is 13.8. The number of methoxy groups -OCH3 is 1. The average Bonchev–Trinajstić information content (AvgIpc) is 2.54. The highest BCUT2D eigenvalue weighted by Gasteiger charge is 2.18. The lowest BCUT2D eigenvalue weighted by atomic mass is 9.80. The molecule has 1 fully saturated rings. The minimum absolute atomic E-state index is 0.527. The maximum absolute atomic E-state index is 5.56. The predicted octanol–water partition coefficient (Wildman–Crippen LogP) is 5.25. The van der Waals surface area contributed by atoms with Crippen LogP contribution in [0.25, 0.3) is 16.9 Å². The summed E-state index contributed by atoms with van der Waals surface area (Å²) in [5.41, 5.74) is 4.97. The first-order chi connectivity index (χ1) is 11.3. The molecule has 2 aromatic rings. The van der Waals surface area contributed by atoms with E-state index in [9.17, 15) is 0 Å². The van der Waals surface area contributed by atoms with E-state index in [-0.39, 0.29) is 0 Å². The van der Waals surface area contributed by atoms with Gasteiger partial charge in [-0.15, -0.1) is 0 Å². The summed E-state index contributed by atoms with van der Waals surface area (Å²) in [5.74, 6) is 1.48. The molecular weight excluding hydrogens is 284 g/mol. The van der Waals surface area contributed by atoms with Gasteiger partial charge in [0, 0.05) is 12.7 Å². The van der Waals surface area contributed by atoms with Crippen molar-refractivity contribution in [2.75, 3.05) is 20.3 Å². The van der Waals surface area contributed by atoms with Crippen molar-refractivity contribution in [2.45, 2.75) is 25.2 Å². The lowest BCUT2D eigenvalue weighted by molar-refractivity contribution is 0.133. The van der Waals surface area contributed by atoms with Crippen molar-refractivity contribution in [3.8, 4) is 11.1 Å². The second-order valence-electron chi connectivity index (χ2n) is 6.09. The highest BCUT2D eigenvalue weighted by atomic mass is 16.5. The van der Waals surface area contributed by atoms with Crippen molar-refractivity contribution in [3.63, 3.8) is 0 Å². The first-order valence-corrected chi connectivity index (χ1v) is 8.29. The smallest absolute Gasteiger partial charge is 0.119 e. The van der Waals surface area contributed by atoms with Crippen molar-refractivity contribution in [3.05, 3.63) is 66.2 Å². The SMILES string of the molecule is C=C(OCCOC)c1ccc(-c2ccc(C3CCC3)cc2)cc1. The van der Waals surface area contributed by atoms with Crippen molar-refractivity contribution in [1.82, 2.24) is 0 Å². The Labute approximate surface area is 138 Å². The molecule has 0 aliphatic heterocycles. The molecule has 2 nitrogen and oxygen atoms in total. The molecule has 1 aliphatic carbocycles.